The van der Waals surface area contributed by atoms with Gasteiger partial charge in [0.25, 0.3) is 0 Å². The maximum atomic E-state index is 10.4. The van der Waals surface area contributed by atoms with Crippen LogP contribution in [0.1, 0.15) is 22.7 Å². The molecule has 0 aliphatic carbocycles. The summed E-state index contributed by atoms with van der Waals surface area (Å²) < 4.78 is 15.9. The normalized spacial score (nSPS) is 20.7. The molecule has 0 amide bonds. The Balaban J connectivity index is 1.70. The van der Waals surface area contributed by atoms with Gasteiger partial charge in [0.05, 0.1) is 13.2 Å². The zero-order valence-corrected chi connectivity index (χ0v) is 8.48. The van der Waals surface area contributed by atoms with E-state index in [0.29, 0.717) is 36.9 Å². The Kier molecular flexibility index (Phi) is 3.53. The molecule has 4 heteroatoms. The van der Waals surface area contributed by atoms with Crippen LogP contribution in [0.2, 0.25) is 0 Å². The summed E-state index contributed by atoms with van der Waals surface area (Å²) in [6.45, 7) is 2.74. The van der Waals surface area contributed by atoms with E-state index in [-0.39, 0.29) is 0 Å². The van der Waals surface area contributed by atoms with Gasteiger partial charge in [0.2, 0.25) is 0 Å². The number of ether oxygens (including phenoxy) is 2. The Morgan fingerprint density at radius 3 is 3.13 bits per heavy atom. The molecule has 0 N–H and O–H groups in total. The lowest BCUT2D eigenvalue weighted by atomic mass is 10.1. The average molecular weight is 210 g/mol. The minimum absolute atomic E-state index is 0.345. The van der Waals surface area contributed by atoms with Crippen LogP contribution in [0.25, 0.3) is 0 Å². The molecule has 4 nitrogen and oxygen atoms in total. The summed E-state index contributed by atoms with van der Waals surface area (Å²) in [7, 11) is 0. The summed E-state index contributed by atoms with van der Waals surface area (Å²) in [6.07, 6.45) is 1.76. The second-order valence-corrected chi connectivity index (χ2v) is 3.67. The molecule has 1 aromatic heterocycles. The quantitative estimate of drug-likeness (QED) is 0.693. The Bertz CT molecular complexity index is 312. The lowest BCUT2D eigenvalue weighted by molar-refractivity contribution is 0.0684. The number of furan rings is 1. The van der Waals surface area contributed by atoms with Crippen LogP contribution in [0.5, 0.6) is 0 Å². The molecule has 2 heterocycles. The van der Waals surface area contributed by atoms with Crippen molar-refractivity contribution in [1.82, 2.24) is 0 Å². The van der Waals surface area contributed by atoms with Gasteiger partial charge in [-0.3, -0.25) is 4.79 Å². The molecule has 1 aromatic rings. The van der Waals surface area contributed by atoms with Gasteiger partial charge in [-0.15, -0.1) is 0 Å². The van der Waals surface area contributed by atoms with Gasteiger partial charge in [-0.1, -0.05) is 0 Å². The molecular formula is C11H14O4. The summed E-state index contributed by atoms with van der Waals surface area (Å²) in [4.78, 5) is 10.4. The molecule has 1 aliphatic heterocycles. The second kappa shape index (κ2) is 5.09. The molecule has 1 unspecified atom stereocenters. The number of aldehydes is 1. The van der Waals surface area contributed by atoms with Gasteiger partial charge in [-0.05, 0) is 18.6 Å². The largest absolute Gasteiger partial charge is 0.456 e. The SMILES string of the molecule is O=Cc1ccc(COCC2CCOC2)o1. The molecule has 2 rings (SSSR count). The molecule has 1 aliphatic rings. The van der Waals surface area contributed by atoms with E-state index in [9.17, 15) is 4.79 Å². The fourth-order valence-corrected chi connectivity index (χ4v) is 1.58. The molecule has 82 valence electrons. The van der Waals surface area contributed by atoms with E-state index in [4.69, 9.17) is 13.9 Å². The van der Waals surface area contributed by atoms with Crippen molar-refractivity contribution < 1.29 is 18.7 Å². The zero-order chi connectivity index (χ0) is 10.5. The van der Waals surface area contributed by atoms with Gasteiger partial charge in [-0.25, -0.2) is 0 Å². The topological polar surface area (TPSA) is 48.7 Å². The maximum Gasteiger partial charge on any atom is 0.185 e. The standard InChI is InChI=1S/C11H14O4/c12-5-10-1-2-11(15-10)8-14-7-9-3-4-13-6-9/h1-2,5,9H,3-4,6-8H2. The monoisotopic (exact) mass is 210 g/mol. The van der Waals surface area contributed by atoms with Crippen molar-refractivity contribution >= 4 is 6.29 Å². The Hall–Kier alpha value is -1.13. The van der Waals surface area contributed by atoms with Crippen molar-refractivity contribution in [3.8, 4) is 0 Å². The second-order valence-electron chi connectivity index (χ2n) is 3.67. The Labute approximate surface area is 88.2 Å². The first kappa shape index (κ1) is 10.4. The van der Waals surface area contributed by atoms with Crippen LogP contribution in [0.3, 0.4) is 0 Å². The van der Waals surface area contributed by atoms with E-state index in [0.717, 1.165) is 19.6 Å². The first-order valence-corrected chi connectivity index (χ1v) is 5.08. The van der Waals surface area contributed by atoms with Crippen molar-refractivity contribution in [1.29, 1.82) is 0 Å². The van der Waals surface area contributed by atoms with Crippen LogP contribution in [-0.2, 0) is 16.1 Å². The van der Waals surface area contributed by atoms with Crippen LogP contribution < -0.4 is 0 Å². The molecule has 0 spiro atoms. The third-order valence-corrected chi connectivity index (χ3v) is 2.42. The molecule has 0 bridgehead atoms. The van der Waals surface area contributed by atoms with E-state index in [1.807, 2.05) is 0 Å². The molecule has 0 aromatic carbocycles. The van der Waals surface area contributed by atoms with E-state index < -0.39 is 0 Å². The molecule has 0 saturated carbocycles. The molecular weight excluding hydrogens is 196 g/mol. The van der Waals surface area contributed by atoms with Gasteiger partial charge in [0, 0.05) is 12.5 Å². The van der Waals surface area contributed by atoms with E-state index in [1.165, 1.54) is 0 Å². The highest BCUT2D eigenvalue weighted by Crippen LogP contribution is 2.14. The van der Waals surface area contributed by atoms with Crippen molar-refractivity contribution in [3.63, 3.8) is 0 Å². The highest BCUT2D eigenvalue weighted by Gasteiger charge is 2.15. The Morgan fingerprint density at radius 1 is 1.53 bits per heavy atom. The van der Waals surface area contributed by atoms with Gasteiger partial charge in [-0.2, -0.15) is 0 Å². The van der Waals surface area contributed by atoms with Crippen LogP contribution in [0.4, 0.5) is 0 Å². The lowest BCUT2D eigenvalue weighted by Crippen LogP contribution is -2.08. The number of hydrogen-bond donors (Lipinski definition) is 0. The number of carbonyl (C=O) groups excluding carboxylic acids is 1. The van der Waals surface area contributed by atoms with Gasteiger partial charge < -0.3 is 13.9 Å². The summed E-state index contributed by atoms with van der Waals surface area (Å²) >= 11 is 0. The van der Waals surface area contributed by atoms with E-state index in [1.54, 1.807) is 12.1 Å². The number of rotatable bonds is 5. The third kappa shape index (κ3) is 2.91. The molecule has 0 radical (unpaired) electrons. The van der Waals surface area contributed by atoms with E-state index in [2.05, 4.69) is 0 Å². The fourth-order valence-electron chi connectivity index (χ4n) is 1.58. The highest BCUT2D eigenvalue weighted by molar-refractivity contribution is 5.70. The smallest absolute Gasteiger partial charge is 0.185 e. The predicted octanol–water partition coefficient (Wildman–Crippen LogP) is 1.65. The predicted molar refractivity (Wildman–Crippen MR) is 52.7 cm³/mol. The zero-order valence-electron chi connectivity index (χ0n) is 8.48. The van der Waals surface area contributed by atoms with Gasteiger partial charge in [0.1, 0.15) is 12.4 Å². The van der Waals surface area contributed by atoms with E-state index >= 15 is 0 Å². The first-order valence-electron chi connectivity index (χ1n) is 5.08. The third-order valence-electron chi connectivity index (χ3n) is 2.42. The first-order chi connectivity index (χ1) is 7.38. The van der Waals surface area contributed by atoms with Gasteiger partial charge in [0.15, 0.2) is 12.0 Å². The van der Waals surface area contributed by atoms with Crippen molar-refractivity contribution in [3.05, 3.63) is 23.7 Å². The molecule has 1 fully saturated rings. The van der Waals surface area contributed by atoms with Gasteiger partial charge >= 0.3 is 0 Å². The van der Waals surface area contributed by atoms with Crippen molar-refractivity contribution in [2.24, 2.45) is 5.92 Å². The number of hydrogen-bond acceptors (Lipinski definition) is 4. The van der Waals surface area contributed by atoms with Crippen LogP contribution >= 0.6 is 0 Å². The van der Waals surface area contributed by atoms with Crippen LogP contribution in [0, 0.1) is 5.92 Å². The van der Waals surface area contributed by atoms with Crippen molar-refractivity contribution in [2.45, 2.75) is 13.0 Å². The number of carbonyl (C=O) groups is 1. The summed E-state index contributed by atoms with van der Waals surface area (Å²) in [5.74, 6) is 1.54. The highest BCUT2D eigenvalue weighted by atomic mass is 16.5. The summed E-state index contributed by atoms with van der Waals surface area (Å²) in [5.41, 5.74) is 0. The minimum atomic E-state index is 0.345. The molecule has 15 heavy (non-hydrogen) atoms. The van der Waals surface area contributed by atoms with Crippen LogP contribution in [0.15, 0.2) is 16.5 Å². The van der Waals surface area contributed by atoms with Crippen LogP contribution in [-0.4, -0.2) is 26.1 Å². The Morgan fingerprint density at radius 2 is 2.47 bits per heavy atom. The fraction of sp³-hybridized carbons (Fsp3) is 0.545. The summed E-state index contributed by atoms with van der Waals surface area (Å²) in [5, 5.41) is 0. The molecule has 1 atom stereocenters. The molecule has 1 saturated heterocycles. The van der Waals surface area contributed by atoms with Crippen molar-refractivity contribution in [2.75, 3.05) is 19.8 Å². The summed E-state index contributed by atoms with van der Waals surface area (Å²) in [6, 6.07) is 3.40. The average Bonchev–Trinajstić information content (AvgIpc) is 2.88. The minimum Gasteiger partial charge on any atom is -0.456 e. The maximum absolute atomic E-state index is 10.4. The lowest BCUT2D eigenvalue weighted by Gasteiger charge is -2.06.